The van der Waals surface area contributed by atoms with E-state index < -0.39 is 12.6 Å². The molecule has 0 amide bonds. The number of nitrogens with zero attached hydrogens (tertiary/aromatic N) is 4. The lowest BCUT2D eigenvalue weighted by atomic mass is 10.2. The summed E-state index contributed by atoms with van der Waals surface area (Å²) in [7, 11) is 3.73. The molecular weight excluding hydrogens is 440 g/mol. The van der Waals surface area contributed by atoms with Gasteiger partial charge in [0.25, 0.3) is 5.56 Å². The number of aliphatic carboxylic acids is 1. The van der Waals surface area contributed by atoms with E-state index >= 15 is 0 Å². The number of carboxylic acids is 1. The average Bonchev–Trinajstić information content (AvgIpc) is 2.67. The SMILES string of the molecule is Cc1nc2ccc(Br)cc2c(=O)n1N=Cc1ccc(N(C)C)cc1OCC(=O)O. The van der Waals surface area contributed by atoms with E-state index in [9.17, 15) is 9.59 Å². The predicted octanol–water partition coefficient (Wildman–Crippen LogP) is 2.88. The van der Waals surface area contributed by atoms with E-state index in [0.717, 1.165) is 10.2 Å². The summed E-state index contributed by atoms with van der Waals surface area (Å²) in [5.41, 5.74) is 1.66. The highest BCUT2D eigenvalue weighted by Crippen LogP contribution is 2.24. The second kappa shape index (κ2) is 8.44. The number of hydrogen-bond acceptors (Lipinski definition) is 6. The number of anilines is 1. The fourth-order valence-corrected chi connectivity index (χ4v) is 3.05. The van der Waals surface area contributed by atoms with Gasteiger partial charge in [0, 0.05) is 35.9 Å². The Hall–Kier alpha value is -3.20. The summed E-state index contributed by atoms with van der Waals surface area (Å²) in [4.78, 5) is 30.0. The van der Waals surface area contributed by atoms with Crippen molar-refractivity contribution in [1.82, 2.24) is 9.66 Å². The van der Waals surface area contributed by atoms with Crippen molar-refractivity contribution in [1.29, 1.82) is 0 Å². The maximum atomic E-state index is 12.8. The number of ether oxygens (including phenoxy) is 1. The number of halogens is 1. The minimum Gasteiger partial charge on any atom is -0.481 e. The number of hydrogen-bond donors (Lipinski definition) is 1. The highest BCUT2D eigenvalue weighted by Gasteiger charge is 2.10. The number of rotatable bonds is 6. The first-order valence-corrected chi connectivity index (χ1v) is 9.45. The van der Waals surface area contributed by atoms with E-state index in [1.54, 1.807) is 31.2 Å². The van der Waals surface area contributed by atoms with Gasteiger partial charge in [0.15, 0.2) is 6.61 Å². The summed E-state index contributed by atoms with van der Waals surface area (Å²) < 4.78 is 7.37. The third-order valence-electron chi connectivity index (χ3n) is 4.15. The van der Waals surface area contributed by atoms with Gasteiger partial charge in [-0.3, -0.25) is 4.79 Å². The Morgan fingerprint density at radius 2 is 2.07 bits per heavy atom. The van der Waals surface area contributed by atoms with E-state index in [1.165, 1.54) is 10.9 Å². The zero-order valence-electron chi connectivity index (χ0n) is 16.1. The molecule has 3 aromatic rings. The minimum absolute atomic E-state index is 0.303. The van der Waals surface area contributed by atoms with Crippen molar-refractivity contribution in [3.8, 4) is 5.75 Å². The molecule has 0 saturated heterocycles. The van der Waals surface area contributed by atoms with Crippen LogP contribution in [-0.2, 0) is 4.79 Å². The number of aryl methyl sites for hydroxylation is 1. The normalized spacial score (nSPS) is 11.2. The molecule has 0 atom stereocenters. The van der Waals surface area contributed by atoms with Crippen LogP contribution in [0.5, 0.6) is 5.75 Å². The largest absolute Gasteiger partial charge is 0.481 e. The molecule has 3 rings (SSSR count). The molecule has 0 saturated carbocycles. The van der Waals surface area contributed by atoms with Crippen LogP contribution in [0, 0.1) is 6.92 Å². The average molecular weight is 459 g/mol. The second-order valence-corrected chi connectivity index (χ2v) is 7.40. The van der Waals surface area contributed by atoms with Gasteiger partial charge in [-0.25, -0.2) is 9.78 Å². The van der Waals surface area contributed by atoms with Crippen LogP contribution in [0.4, 0.5) is 5.69 Å². The van der Waals surface area contributed by atoms with Crippen LogP contribution in [0.1, 0.15) is 11.4 Å². The van der Waals surface area contributed by atoms with Gasteiger partial charge in [0.2, 0.25) is 0 Å². The first-order valence-electron chi connectivity index (χ1n) is 8.65. The first-order chi connectivity index (χ1) is 13.8. The number of aromatic nitrogens is 2. The van der Waals surface area contributed by atoms with Crippen molar-refractivity contribution in [3.63, 3.8) is 0 Å². The summed E-state index contributed by atoms with van der Waals surface area (Å²) >= 11 is 3.36. The van der Waals surface area contributed by atoms with Crippen molar-refractivity contribution in [2.45, 2.75) is 6.92 Å². The Balaban J connectivity index is 2.05. The minimum atomic E-state index is -1.08. The summed E-state index contributed by atoms with van der Waals surface area (Å²) in [6.07, 6.45) is 1.45. The Bertz CT molecular complexity index is 1170. The van der Waals surface area contributed by atoms with Crippen LogP contribution in [0.2, 0.25) is 0 Å². The lowest BCUT2D eigenvalue weighted by molar-refractivity contribution is -0.139. The van der Waals surface area contributed by atoms with Crippen molar-refractivity contribution in [2.24, 2.45) is 5.10 Å². The number of benzene rings is 2. The summed E-state index contributed by atoms with van der Waals surface area (Å²) in [5.74, 6) is -0.303. The Kier molecular flexibility index (Phi) is 5.97. The molecule has 0 fully saturated rings. The molecule has 0 radical (unpaired) electrons. The zero-order chi connectivity index (χ0) is 21.1. The van der Waals surface area contributed by atoms with E-state index in [-0.39, 0.29) is 5.56 Å². The molecule has 8 nitrogen and oxygen atoms in total. The third-order valence-corrected chi connectivity index (χ3v) is 4.64. The second-order valence-electron chi connectivity index (χ2n) is 6.48. The van der Waals surface area contributed by atoms with E-state index in [4.69, 9.17) is 9.84 Å². The molecule has 9 heteroatoms. The number of carboxylic acid groups (broad SMARTS) is 1. The maximum absolute atomic E-state index is 12.8. The fraction of sp³-hybridized carbons (Fsp3) is 0.200. The van der Waals surface area contributed by atoms with E-state index in [0.29, 0.717) is 28.0 Å². The van der Waals surface area contributed by atoms with Gasteiger partial charge >= 0.3 is 5.97 Å². The highest BCUT2D eigenvalue weighted by atomic mass is 79.9. The lowest BCUT2D eigenvalue weighted by Crippen LogP contribution is -2.20. The molecule has 150 valence electrons. The monoisotopic (exact) mass is 458 g/mol. The smallest absolute Gasteiger partial charge is 0.341 e. The van der Waals surface area contributed by atoms with Crippen LogP contribution < -0.4 is 15.2 Å². The number of fused-ring (bicyclic) bond motifs is 1. The maximum Gasteiger partial charge on any atom is 0.341 e. The Morgan fingerprint density at radius 3 is 2.76 bits per heavy atom. The Morgan fingerprint density at radius 1 is 1.31 bits per heavy atom. The van der Waals surface area contributed by atoms with Crippen LogP contribution in [0.3, 0.4) is 0 Å². The van der Waals surface area contributed by atoms with Gasteiger partial charge in [0.1, 0.15) is 11.6 Å². The molecule has 1 aromatic heterocycles. The van der Waals surface area contributed by atoms with Gasteiger partial charge in [-0.2, -0.15) is 9.78 Å². The van der Waals surface area contributed by atoms with Crippen molar-refractivity contribution in [2.75, 3.05) is 25.6 Å². The Labute approximate surface area is 175 Å². The number of carbonyl (C=O) groups is 1. The van der Waals surface area contributed by atoms with Gasteiger partial charge < -0.3 is 14.7 Å². The summed E-state index contributed by atoms with van der Waals surface area (Å²) in [5, 5.41) is 13.6. The van der Waals surface area contributed by atoms with E-state index in [2.05, 4.69) is 26.0 Å². The van der Waals surface area contributed by atoms with Crippen LogP contribution in [0.15, 0.2) is 50.8 Å². The molecule has 0 unspecified atom stereocenters. The van der Waals surface area contributed by atoms with Crippen molar-refractivity contribution in [3.05, 3.63) is 62.6 Å². The van der Waals surface area contributed by atoms with Gasteiger partial charge in [-0.1, -0.05) is 15.9 Å². The predicted molar refractivity (Wildman–Crippen MR) is 115 cm³/mol. The fourth-order valence-electron chi connectivity index (χ4n) is 2.69. The molecule has 0 aliphatic rings. The van der Waals surface area contributed by atoms with Crippen LogP contribution >= 0.6 is 15.9 Å². The van der Waals surface area contributed by atoms with Gasteiger partial charge in [-0.15, -0.1) is 0 Å². The van der Waals surface area contributed by atoms with Crippen molar-refractivity contribution < 1.29 is 14.6 Å². The van der Waals surface area contributed by atoms with Crippen LogP contribution in [0.25, 0.3) is 10.9 Å². The van der Waals surface area contributed by atoms with Gasteiger partial charge in [0.05, 0.1) is 17.1 Å². The standard InChI is InChI=1S/C20H19BrN4O4/c1-12-23-17-7-5-14(21)8-16(17)20(28)25(12)22-10-13-4-6-15(24(2)3)9-18(13)29-11-19(26)27/h4-10H,11H2,1-3H3,(H,26,27). The third kappa shape index (κ3) is 4.62. The molecular formula is C20H19BrN4O4. The molecule has 0 bridgehead atoms. The van der Waals surface area contributed by atoms with Gasteiger partial charge in [-0.05, 0) is 37.3 Å². The summed E-state index contributed by atoms with van der Waals surface area (Å²) in [6, 6.07) is 10.6. The highest BCUT2D eigenvalue weighted by molar-refractivity contribution is 9.10. The molecule has 2 aromatic carbocycles. The molecule has 0 aliphatic heterocycles. The summed E-state index contributed by atoms with van der Waals surface area (Å²) in [6.45, 7) is 1.21. The molecule has 0 aliphatic carbocycles. The molecule has 0 spiro atoms. The lowest BCUT2D eigenvalue weighted by Gasteiger charge is -2.15. The van der Waals surface area contributed by atoms with E-state index in [1.807, 2.05) is 31.1 Å². The molecule has 1 N–H and O–H groups in total. The molecule has 1 heterocycles. The molecule has 29 heavy (non-hydrogen) atoms. The van der Waals surface area contributed by atoms with Crippen LogP contribution in [-0.4, -0.2) is 47.7 Å². The van der Waals surface area contributed by atoms with Crippen molar-refractivity contribution >= 4 is 44.7 Å². The topological polar surface area (TPSA) is 97.0 Å². The quantitative estimate of drug-likeness (QED) is 0.570. The first kappa shape index (κ1) is 20.5. The zero-order valence-corrected chi connectivity index (χ0v) is 17.7.